The quantitative estimate of drug-likeness (QED) is 0.552. The molecule has 0 N–H and O–H groups in total. The highest BCUT2D eigenvalue weighted by molar-refractivity contribution is 5.53. The first-order valence-corrected chi connectivity index (χ1v) is 2.83. The lowest BCUT2D eigenvalue weighted by molar-refractivity contribution is 0.383. The van der Waals surface area contributed by atoms with E-state index in [0.717, 1.165) is 10.4 Å². The van der Waals surface area contributed by atoms with Crippen molar-refractivity contribution in [3.8, 4) is 5.88 Å². The lowest BCUT2D eigenvalue weighted by Gasteiger charge is -1.94. The van der Waals surface area contributed by atoms with E-state index in [2.05, 4.69) is 5.10 Å². The van der Waals surface area contributed by atoms with Crippen LogP contribution in [0.25, 0.3) is 0 Å². The van der Waals surface area contributed by atoms with Gasteiger partial charge in [-0.15, -0.1) is 0 Å². The topological polar surface area (TPSA) is 44.1 Å². The van der Waals surface area contributed by atoms with Crippen LogP contribution in [0.1, 0.15) is 5.69 Å². The summed E-state index contributed by atoms with van der Waals surface area (Å²) in [6.45, 7) is 1.79. The second kappa shape index (κ2) is 2.51. The molecule has 10 heavy (non-hydrogen) atoms. The van der Waals surface area contributed by atoms with Crippen molar-refractivity contribution in [2.75, 3.05) is 7.11 Å². The van der Waals surface area contributed by atoms with E-state index in [1.807, 2.05) is 0 Å². The van der Waals surface area contributed by atoms with Gasteiger partial charge in [0.15, 0.2) is 0 Å². The van der Waals surface area contributed by atoms with E-state index in [-0.39, 0.29) is 0 Å². The average molecular weight is 140 g/mol. The molecule has 4 nitrogen and oxygen atoms in total. The molecule has 54 valence electrons. The second-order valence-electron chi connectivity index (χ2n) is 1.88. The molecule has 0 saturated heterocycles. The zero-order valence-electron chi connectivity index (χ0n) is 5.87. The van der Waals surface area contributed by atoms with Crippen LogP contribution in [0.4, 0.5) is 0 Å². The summed E-state index contributed by atoms with van der Waals surface area (Å²) in [4.78, 5) is 10.2. The molecular weight excluding hydrogens is 132 g/mol. The third kappa shape index (κ3) is 1.00. The van der Waals surface area contributed by atoms with Crippen molar-refractivity contribution >= 4 is 6.41 Å². The van der Waals surface area contributed by atoms with Gasteiger partial charge in [-0.25, -0.2) is 0 Å². The summed E-state index contributed by atoms with van der Waals surface area (Å²) in [6, 6.07) is 1.69. The van der Waals surface area contributed by atoms with E-state index < -0.39 is 0 Å². The number of aryl methyl sites for hydroxylation is 1. The number of methoxy groups -OCH3 is 1. The number of aromatic nitrogens is 2. The van der Waals surface area contributed by atoms with Crippen LogP contribution in [0.15, 0.2) is 6.07 Å². The van der Waals surface area contributed by atoms with Gasteiger partial charge in [0.05, 0.1) is 12.8 Å². The Hall–Kier alpha value is -1.32. The first-order chi connectivity index (χ1) is 4.77. The van der Waals surface area contributed by atoms with Crippen molar-refractivity contribution in [3.05, 3.63) is 11.8 Å². The number of carbonyl (C=O) groups excluding carboxylic acids is 1. The van der Waals surface area contributed by atoms with E-state index in [9.17, 15) is 4.79 Å². The van der Waals surface area contributed by atoms with Gasteiger partial charge in [-0.3, -0.25) is 4.79 Å². The molecule has 0 aliphatic heterocycles. The minimum atomic E-state index is 0.465. The fourth-order valence-electron chi connectivity index (χ4n) is 0.721. The van der Waals surface area contributed by atoms with Gasteiger partial charge >= 0.3 is 0 Å². The van der Waals surface area contributed by atoms with Crippen LogP contribution in [-0.4, -0.2) is 23.3 Å². The molecule has 0 aliphatic carbocycles. The monoisotopic (exact) mass is 140 g/mol. The van der Waals surface area contributed by atoms with Crippen LogP contribution in [0, 0.1) is 6.92 Å². The molecule has 0 atom stereocenters. The average Bonchev–Trinajstić information content (AvgIpc) is 2.30. The molecule has 1 aromatic heterocycles. The van der Waals surface area contributed by atoms with Gasteiger partial charge in [-0.05, 0) is 6.92 Å². The minimum absolute atomic E-state index is 0.465. The second-order valence-corrected chi connectivity index (χ2v) is 1.88. The van der Waals surface area contributed by atoms with E-state index in [1.165, 1.54) is 7.11 Å². The molecule has 0 radical (unpaired) electrons. The lowest BCUT2D eigenvalue weighted by Crippen LogP contribution is -1.99. The normalized spacial score (nSPS) is 9.40. The number of rotatable bonds is 2. The van der Waals surface area contributed by atoms with Gasteiger partial charge in [0.25, 0.3) is 0 Å². The summed E-state index contributed by atoms with van der Waals surface area (Å²) >= 11 is 0. The van der Waals surface area contributed by atoms with Crippen LogP contribution < -0.4 is 4.74 Å². The van der Waals surface area contributed by atoms with Crippen LogP contribution >= 0.6 is 0 Å². The molecule has 0 aromatic carbocycles. The summed E-state index contributed by atoms with van der Waals surface area (Å²) in [5.41, 5.74) is 0.768. The molecule has 0 bridgehead atoms. The maximum absolute atomic E-state index is 10.2. The fraction of sp³-hybridized carbons (Fsp3) is 0.333. The molecule has 1 heterocycles. The summed E-state index contributed by atoms with van der Waals surface area (Å²) in [6.07, 6.45) is 0.603. The molecule has 1 rings (SSSR count). The van der Waals surface area contributed by atoms with Crippen molar-refractivity contribution in [1.29, 1.82) is 0 Å². The summed E-state index contributed by atoms with van der Waals surface area (Å²) in [5, 5.41) is 3.82. The van der Waals surface area contributed by atoms with E-state index in [0.29, 0.717) is 12.3 Å². The Morgan fingerprint density at radius 2 is 2.50 bits per heavy atom. The van der Waals surface area contributed by atoms with Crippen molar-refractivity contribution in [2.45, 2.75) is 6.92 Å². The molecule has 0 fully saturated rings. The molecule has 0 saturated carbocycles. The largest absolute Gasteiger partial charge is 0.481 e. The van der Waals surface area contributed by atoms with Crippen LogP contribution in [0.3, 0.4) is 0 Å². The van der Waals surface area contributed by atoms with Gasteiger partial charge in [-0.1, -0.05) is 0 Å². The number of nitrogens with zero attached hydrogens (tertiary/aromatic N) is 2. The van der Waals surface area contributed by atoms with E-state index in [1.54, 1.807) is 13.0 Å². The molecule has 0 aliphatic rings. The van der Waals surface area contributed by atoms with Gasteiger partial charge in [0.2, 0.25) is 12.3 Å². The molecule has 0 amide bonds. The maximum Gasteiger partial charge on any atom is 0.237 e. The van der Waals surface area contributed by atoms with E-state index in [4.69, 9.17) is 4.74 Å². The van der Waals surface area contributed by atoms with Gasteiger partial charge in [0, 0.05) is 6.07 Å². The van der Waals surface area contributed by atoms with Crippen molar-refractivity contribution < 1.29 is 9.53 Å². The molecule has 0 unspecified atom stereocenters. The number of hydrogen-bond acceptors (Lipinski definition) is 3. The molecule has 4 heteroatoms. The Bertz CT molecular complexity index is 242. The summed E-state index contributed by atoms with van der Waals surface area (Å²) in [7, 11) is 1.50. The molecular formula is C6H8N2O2. The van der Waals surface area contributed by atoms with Gasteiger partial charge in [-0.2, -0.15) is 9.78 Å². The Kier molecular flexibility index (Phi) is 1.71. The zero-order chi connectivity index (χ0) is 7.56. The Morgan fingerprint density at radius 3 is 2.90 bits per heavy atom. The Labute approximate surface area is 58.4 Å². The Balaban J connectivity index is 3.08. The first kappa shape index (κ1) is 6.80. The number of hydrogen-bond donors (Lipinski definition) is 0. The smallest absolute Gasteiger partial charge is 0.237 e. The standard InChI is InChI=1S/C6H8N2O2/c1-5-3-6(10-2)8(4-9)7-5/h3-4H,1-2H3. The summed E-state index contributed by atoms with van der Waals surface area (Å²) < 4.78 is 5.97. The third-order valence-corrected chi connectivity index (χ3v) is 1.13. The van der Waals surface area contributed by atoms with Gasteiger partial charge in [0.1, 0.15) is 0 Å². The first-order valence-electron chi connectivity index (χ1n) is 2.83. The van der Waals surface area contributed by atoms with E-state index >= 15 is 0 Å². The van der Waals surface area contributed by atoms with Crippen LogP contribution in [0.2, 0.25) is 0 Å². The third-order valence-electron chi connectivity index (χ3n) is 1.13. The predicted octanol–water partition coefficient (Wildman–Crippen LogP) is 0.238. The van der Waals surface area contributed by atoms with Crippen LogP contribution in [0.5, 0.6) is 5.88 Å². The van der Waals surface area contributed by atoms with Crippen molar-refractivity contribution in [3.63, 3.8) is 0 Å². The highest BCUT2D eigenvalue weighted by Gasteiger charge is 2.01. The maximum atomic E-state index is 10.2. The molecule has 0 spiro atoms. The zero-order valence-corrected chi connectivity index (χ0v) is 5.87. The van der Waals surface area contributed by atoms with Crippen molar-refractivity contribution in [2.24, 2.45) is 0 Å². The van der Waals surface area contributed by atoms with Crippen LogP contribution in [-0.2, 0) is 4.79 Å². The lowest BCUT2D eigenvalue weighted by atomic mass is 10.5. The highest BCUT2D eigenvalue weighted by Crippen LogP contribution is 2.08. The SMILES string of the molecule is COc1cc(C)nn1C=O. The minimum Gasteiger partial charge on any atom is -0.481 e. The number of ether oxygens (including phenoxy) is 1. The summed E-state index contributed by atoms with van der Waals surface area (Å²) in [5.74, 6) is 0.465. The predicted molar refractivity (Wildman–Crippen MR) is 35.7 cm³/mol. The van der Waals surface area contributed by atoms with Gasteiger partial charge < -0.3 is 4.74 Å². The van der Waals surface area contributed by atoms with Crippen molar-refractivity contribution in [1.82, 2.24) is 9.78 Å². The Morgan fingerprint density at radius 1 is 1.80 bits per heavy atom. The fourth-order valence-corrected chi connectivity index (χ4v) is 0.721. The molecule has 1 aromatic rings. The number of carbonyl (C=O) groups is 1. The highest BCUT2D eigenvalue weighted by atomic mass is 16.5.